The first-order chi connectivity index (χ1) is 7.70. The third-order valence-electron chi connectivity index (χ3n) is 4.43. The second-order valence-corrected chi connectivity index (χ2v) is 5.96. The predicted octanol–water partition coefficient (Wildman–Crippen LogP) is 3.06. The van der Waals surface area contributed by atoms with E-state index in [-0.39, 0.29) is 11.8 Å². The fraction of sp³-hybridized carbons (Fsp3) is 0.733. The molecule has 2 heteroatoms. The third-order valence-corrected chi connectivity index (χ3v) is 4.43. The molecule has 0 spiro atoms. The van der Waals surface area contributed by atoms with Crippen molar-refractivity contribution in [2.45, 2.75) is 58.2 Å². The van der Waals surface area contributed by atoms with E-state index in [0.717, 1.165) is 12.8 Å². The molecule has 0 heterocycles. The van der Waals surface area contributed by atoms with Crippen LogP contribution in [0.1, 0.15) is 47.0 Å². The Kier molecular flexibility index (Phi) is 4.21. The van der Waals surface area contributed by atoms with E-state index in [1.54, 1.807) is 13.0 Å². The van der Waals surface area contributed by atoms with E-state index in [9.17, 15) is 10.2 Å². The van der Waals surface area contributed by atoms with Gasteiger partial charge in [-0.2, -0.15) is 0 Å². The van der Waals surface area contributed by atoms with Gasteiger partial charge in [-0.25, -0.2) is 0 Å². The van der Waals surface area contributed by atoms with Crippen molar-refractivity contribution in [3.05, 3.63) is 24.3 Å². The van der Waals surface area contributed by atoms with Crippen molar-refractivity contribution in [2.75, 3.05) is 0 Å². The predicted molar refractivity (Wildman–Crippen MR) is 71.7 cm³/mol. The normalized spacial score (nSPS) is 37.2. The minimum absolute atomic E-state index is 0.137. The highest BCUT2D eigenvalue weighted by Crippen LogP contribution is 2.41. The van der Waals surface area contributed by atoms with Crippen LogP contribution in [0.4, 0.5) is 0 Å². The Hall–Kier alpha value is -0.600. The number of hydrogen-bond acceptors (Lipinski definition) is 2. The van der Waals surface area contributed by atoms with Gasteiger partial charge in [0.05, 0.1) is 11.2 Å². The second kappa shape index (κ2) is 4.95. The molecular formula is C15H26O2. The van der Waals surface area contributed by atoms with Gasteiger partial charge in [-0.3, -0.25) is 0 Å². The van der Waals surface area contributed by atoms with E-state index >= 15 is 0 Å². The van der Waals surface area contributed by atoms with Crippen molar-refractivity contribution in [3.63, 3.8) is 0 Å². The van der Waals surface area contributed by atoms with E-state index in [1.807, 2.05) is 6.92 Å². The van der Waals surface area contributed by atoms with E-state index in [1.165, 1.54) is 5.57 Å². The van der Waals surface area contributed by atoms with Gasteiger partial charge in [-0.15, -0.1) is 6.58 Å². The second-order valence-electron chi connectivity index (χ2n) is 5.96. The van der Waals surface area contributed by atoms with E-state index in [0.29, 0.717) is 6.42 Å². The Balaban J connectivity index is 2.77. The minimum Gasteiger partial charge on any atom is -0.389 e. The van der Waals surface area contributed by atoms with Crippen molar-refractivity contribution < 1.29 is 10.2 Å². The molecule has 0 saturated carbocycles. The molecule has 17 heavy (non-hydrogen) atoms. The molecule has 0 aliphatic heterocycles. The molecular weight excluding hydrogens is 212 g/mol. The molecule has 0 aromatic rings. The van der Waals surface area contributed by atoms with Crippen LogP contribution in [0.2, 0.25) is 0 Å². The Morgan fingerprint density at radius 1 is 1.65 bits per heavy atom. The van der Waals surface area contributed by atoms with Crippen LogP contribution in [0, 0.1) is 11.8 Å². The Bertz CT molecular complexity index is 313. The molecule has 98 valence electrons. The monoisotopic (exact) mass is 238 g/mol. The van der Waals surface area contributed by atoms with Crippen LogP contribution < -0.4 is 0 Å². The van der Waals surface area contributed by atoms with Gasteiger partial charge in [0, 0.05) is 5.92 Å². The van der Waals surface area contributed by atoms with Gasteiger partial charge in [0.15, 0.2) is 0 Å². The molecule has 4 atom stereocenters. The summed E-state index contributed by atoms with van der Waals surface area (Å²) in [6.45, 7) is 11.5. The summed E-state index contributed by atoms with van der Waals surface area (Å²) in [5, 5.41) is 20.6. The summed E-state index contributed by atoms with van der Waals surface area (Å²) in [5.74, 6) is 0.405. The Morgan fingerprint density at radius 3 is 2.76 bits per heavy atom. The molecule has 0 bridgehead atoms. The standard InChI is InChI=1S/C15H26O2/c1-6-14(4,16)10-9-13-11(2)7-8-12(3)15(13,5)17/h6-7,12-13,16-17H,1,8-10H2,2-5H3/t12?,13-,14?,15+/m0/s1. The van der Waals surface area contributed by atoms with Crippen molar-refractivity contribution >= 4 is 0 Å². The van der Waals surface area contributed by atoms with Crippen LogP contribution in [0.5, 0.6) is 0 Å². The van der Waals surface area contributed by atoms with Gasteiger partial charge in [0.1, 0.15) is 0 Å². The first-order valence-electron chi connectivity index (χ1n) is 6.45. The zero-order valence-corrected chi connectivity index (χ0v) is 11.5. The average Bonchev–Trinajstić information content (AvgIpc) is 2.23. The maximum absolute atomic E-state index is 10.6. The molecule has 0 amide bonds. The van der Waals surface area contributed by atoms with Crippen molar-refractivity contribution in [2.24, 2.45) is 11.8 Å². The van der Waals surface area contributed by atoms with Gasteiger partial charge in [-0.05, 0) is 46.0 Å². The molecule has 0 aromatic carbocycles. The Labute approximate surface area is 105 Å². The molecule has 0 aromatic heterocycles. The van der Waals surface area contributed by atoms with Gasteiger partial charge >= 0.3 is 0 Å². The van der Waals surface area contributed by atoms with Gasteiger partial charge in [0.2, 0.25) is 0 Å². The first-order valence-corrected chi connectivity index (χ1v) is 6.45. The molecule has 2 unspecified atom stereocenters. The summed E-state index contributed by atoms with van der Waals surface area (Å²) in [5.41, 5.74) is -0.263. The molecule has 2 N–H and O–H groups in total. The summed E-state index contributed by atoms with van der Waals surface area (Å²) in [7, 11) is 0. The third kappa shape index (κ3) is 3.20. The highest BCUT2D eigenvalue weighted by atomic mass is 16.3. The summed E-state index contributed by atoms with van der Waals surface area (Å²) < 4.78 is 0. The van der Waals surface area contributed by atoms with Crippen LogP contribution >= 0.6 is 0 Å². The molecule has 1 aliphatic rings. The minimum atomic E-state index is -0.836. The van der Waals surface area contributed by atoms with Crippen molar-refractivity contribution in [3.8, 4) is 0 Å². The van der Waals surface area contributed by atoms with Crippen molar-refractivity contribution in [1.82, 2.24) is 0 Å². The van der Waals surface area contributed by atoms with Gasteiger partial charge < -0.3 is 10.2 Å². The number of rotatable bonds is 4. The number of aliphatic hydroxyl groups is 2. The topological polar surface area (TPSA) is 40.5 Å². The maximum Gasteiger partial charge on any atom is 0.0797 e. The molecule has 1 aliphatic carbocycles. The van der Waals surface area contributed by atoms with Crippen LogP contribution in [-0.2, 0) is 0 Å². The molecule has 2 nitrogen and oxygen atoms in total. The fourth-order valence-electron chi connectivity index (χ4n) is 2.61. The highest BCUT2D eigenvalue weighted by molar-refractivity contribution is 5.16. The molecule has 0 saturated heterocycles. The summed E-state index contributed by atoms with van der Waals surface area (Å²) in [6.07, 6.45) is 6.16. The lowest BCUT2D eigenvalue weighted by atomic mass is 9.68. The van der Waals surface area contributed by atoms with Crippen LogP contribution in [0.3, 0.4) is 0 Å². The lowest BCUT2D eigenvalue weighted by molar-refractivity contribution is -0.0487. The first kappa shape index (κ1) is 14.5. The summed E-state index contributed by atoms with van der Waals surface area (Å²) in [6, 6.07) is 0. The molecule has 0 radical (unpaired) electrons. The SMILES string of the molecule is C=CC(C)(O)CC[C@H]1C(C)=CCC(C)[C@@]1(C)O. The quantitative estimate of drug-likeness (QED) is 0.739. The highest BCUT2D eigenvalue weighted by Gasteiger charge is 2.40. The summed E-state index contributed by atoms with van der Waals surface area (Å²) >= 11 is 0. The van der Waals surface area contributed by atoms with E-state index < -0.39 is 11.2 Å². The number of allylic oxidation sites excluding steroid dienone is 1. The average molecular weight is 238 g/mol. The zero-order chi connectivity index (χ0) is 13.3. The lowest BCUT2D eigenvalue weighted by Crippen LogP contribution is -2.44. The van der Waals surface area contributed by atoms with E-state index in [2.05, 4.69) is 26.5 Å². The largest absolute Gasteiger partial charge is 0.389 e. The van der Waals surface area contributed by atoms with Crippen LogP contribution in [0.25, 0.3) is 0 Å². The Morgan fingerprint density at radius 2 is 2.24 bits per heavy atom. The number of hydrogen-bond donors (Lipinski definition) is 2. The fourth-order valence-corrected chi connectivity index (χ4v) is 2.61. The van der Waals surface area contributed by atoms with Crippen LogP contribution in [-0.4, -0.2) is 21.4 Å². The van der Waals surface area contributed by atoms with Gasteiger partial charge in [0.25, 0.3) is 0 Å². The maximum atomic E-state index is 10.6. The van der Waals surface area contributed by atoms with Crippen LogP contribution in [0.15, 0.2) is 24.3 Å². The summed E-state index contributed by atoms with van der Waals surface area (Å²) in [4.78, 5) is 0. The van der Waals surface area contributed by atoms with Crippen molar-refractivity contribution in [1.29, 1.82) is 0 Å². The van der Waals surface area contributed by atoms with E-state index in [4.69, 9.17) is 0 Å². The zero-order valence-electron chi connectivity index (χ0n) is 11.5. The lowest BCUT2D eigenvalue weighted by Gasteiger charge is -2.42. The smallest absolute Gasteiger partial charge is 0.0797 e. The molecule has 0 fully saturated rings. The van der Waals surface area contributed by atoms with Gasteiger partial charge in [-0.1, -0.05) is 24.6 Å². The molecule has 1 rings (SSSR count).